The lowest BCUT2D eigenvalue weighted by Gasteiger charge is -2.12. The molecular formula is C13H17N3. The molecule has 0 aromatic carbocycles. The van der Waals surface area contributed by atoms with Crippen LogP contribution in [0.3, 0.4) is 0 Å². The number of nitrogens with zero attached hydrogens (tertiary/aromatic N) is 2. The van der Waals surface area contributed by atoms with Crippen LogP contribution in [0.2, 0.25) is 0 Å². The summed E-state index contributed by atoms with van der Waals surface area (Å²) < 4.78 is 0. The van der Waals surface area contributed by atoms with Gasteiger partial charge in [0, 0.05) is 5.69 Å². The molecule has 0 saturated heterocycles. The lowest BCUT2D eigenvalue weighted by molar-refractivity contribution is 0.631. The molecule has 0 bridgehead atoms. The third-order valence-corrected chi connectivity index (χ3v) is 3.09. The van der Waals surface area contributed by atoms with Gasteiger partial charge in [-0.05, 0) is 42.7 Å². The van der Waals surface area contributed by atoms with Gasteiger partial charge < -0.3 is 5.73 Å². The third-order valence-electron chi connectivity index (χ3n) is 3.09. The Morgan fingerprint density at radius 3 is 2.69 bits per heavy atom. The van der Waals surface area contributed by atoms with Gasteiger partial charge in [-0.25, -0.2) is 4.98 Å². The monoisotopic (exact) mass is 215 g/mol. The zero-order chi connectivity index (χ0) is 11.7. The van der Waals surface area contributed by atoms with E-state index in [1.807, 2.05) is 0 Å². The number of anilines is 1. The fraction of sp³-hybridized carbons (Fsp3) is 0.538. The molecule has 84 valence electrons. The number of hydrogen-bond donors (Lipinski definition) is 1. The number of nitriles is 1. The summed E-state index contributed by atoms with van der Waals surface area (Å²) in [4.78, 5) is 4.41. The minimum Gasteiger partial charge on any atom is -0.383 e. The largest absolute Gasteiger partial charge is 0.383 e. The summed E-state index contributed by atoms with van der Waals surface area (Å²) >= 11 is 0. The molecule has 1 aromatic rings. The van der Waals surface area contributed by atoms with Crippen LogP contribution < -0.4 is 5.73 Å². The predicted molar refractivity (Wildman–Crippen MR) is 63.9 cm³/mol. The first kappa shape index (κ1) is 10.9. The maximum absolute atomic E-state index is 9.09. The van der Waals surface area contributed by atoms with Gasteiger partial charge in [-0.2, -0.15) is 5.26 Å². The molecule has 1 heterocycles. The molecule has 0 spiro atoms. The van der Waals surface area contributed by atoms with E-state index >= 15 is 0 Å². The van der Waals surface area contributed by atoms with E-state index in [1.54, 1.807) is 0 Å². The quantitative estimate of drug-likeness (QED) is 0.822. The number of aromatic nitrogens is 1. The van der Waals surface area contributed by atoms with Crippen molar-refractivity contribution in [1.29, 1.82) is 5.26 Å². The molecule has 1 aromatic heterocycles. The van der Waals surface area contributed by atoms with E-state index in [-0.39, 0.29) is 0 Å². The minimum atomic E-state index is 0.416. The molecule has 1 aliphatic carbocycles. The van der Waals surface area contributed by atoms with Crippen molar-refractivity contribution in [3.63, 3.8) is 0 Å². The van der Waals surface area contributed by atoms with Crippen LogP contribution in [-0.2, 0) is 19.3 Å². The summed E-state index contributed by atoms with van der Waals surface area (Å²) in [6.07, 6.45) is 4.12. The lowest BCUT2D eigenvalue weighted by Crippen LogP contribution is -2.08. The van der Waals surface area contributed by atoms with Crippen molar-refractivity contribution in [2.75, 3.05) is 5.73 Å². The van der Waals surface area contributed by atoms with Gasteiger partial charge in [0.1, 0.15) is 11.9 Å². The Bertz CT molecular complexity index is 455. The van der Waals surface area contributed by atoms with Gasteiger partial charge in [0.25, 0.3) is 0 Å². The molecule has 0 aliphatic heterocycles. The van der Waals surface area contributed by atoms with Gasteiger partial charge >= 0.3 is 0 Å². The summed E-state index contributed by atoms with van der Waals surface area (Å²) in [7, 11) is 0. The molecule has 3 heteroatoms. The highest BCUT2D eigenvalue weighted by Gasteiger charge is 2.22. The van der Waals surface area contributed by atoms with Crippen LogP contribution in [0.1, 0.15) is 42.7 Å². The Morgan fingerprint density at radius 1 is 1.38 bits per heavy atom. The average Bonchev–Trinajstić information content (AvgIpc) is 2.66. The molecule has 0 saturated carbocycles. The average molecular weight is 215 g/mol. The smallest absolute Gasteiger partial charge is 0.141 e. The number of hydrogen-bond acceptors (Lipinski definition) is 3. The van der Waals surface area contributed by atoms with Crippen LogP contribution in [0, 0.1) is 17.2 Å². The summed E-state index contributed by atoms with van der Waals surface area (Å²) in [5.41, 5.74) is 10.0. The summed E-state index contributed by atoms with van der Waals surface area (Å²) in [5, 5.41) is 9.09. The summed E-state index contributed by atoms with van der Waals surface area (Å²) in [6, 6.07) is 2.19. The maximum Gasteiger partial charge on any atom is 0.141 e. The van der Waals surface area contributed by atoms with Gasteiger partial charge in [-0.15, -0.1) is 0 Å². The molecule has 1 aliphatic rings. The normalized spacial score (nSPS) is 13.9. The van der Waals surface area contributed by atoms with Crippen molar-refractivity contribution in [3.8, 4) is 6.07 Å². The highest BCUT2D eigenvalue weighted by atomic mass is 14.9. The first-order chi connectivity index (χ1) is 7.63. The second-order valence-corrected chi connectivity index (χ2v) is 4.84. The van der Waals surface area contributed by atoms with Gasteiger partial charge in [-0.1, -0.05) is 13.8 Å². The SMILES string of the molecule is CC(C)Cc1nc(N)c(C#N)c2c1CCC2. The van der Waals surface area contributed by atoms with Crippen LogP contribution in [0.25, 0.3) is 0 Å². The topological polar surface area (TPSA) is 62.7 Å². The Hall–Kier alpha value is -1.56. The van der Waals surface area contributed by atoms with E-state index in [0.717, 1.165) is 36.9 Å². The molecule has 0 radical (unpaired) electrons. The lowest BCUT2D eigenvalue weighted by atomic mass is 9.98. The van der Waals surface area contributed by atoms with Gasteiger partial charge in [0.2, 0.25) is 0 Å². The van der Waals surface area contributed by atoms with Gasteiger partial charge in [-0.3, -0.25) is 0 Å². The first-order valence-electron chi connectivity index (χ1n) is 5.83. The second kappa shape index (κ2) is 4.13. The van der Waals surface area contributed by atoms with E-state index in [4.69, 9.17) is 11.0 Å². The predicted octanol–water partition coefficient (Wildman–Crippen LogP) is 2.22. The zero-order valence-electron chi connectivity index (χ0n) is 9.88. The third kappa shape index (κ3) is 1.76. The summed E-state index contributed by atoms with van der Waals surface area (Å²) in [5.74, 6) is 0.989. The molecular weight excluding hydrogens is 198 g/mol. The molecule has 3 nitrogen and oxygen atoms in total. The van der Waals surface area contributed by atoms with E-state index in [0.29, 0.717) is 17.3 Å². The van der Waals surface area contributed by atoms with E-state index < -0.39 is 0 Å². The number of pyridine rings is 1. The number of nitrogens with two attached hydrogens (primary N) is 1. The zero-order valence-corrected chi connectivity index (χ0v) is 9.88. The highest BCUT2D eigenvalue weighted by Crippen LogP contribution is 2.31. The highest BCUT2D eigenvalue weighted by molar-refractivity contribution is 5.58. The fourth-order valence-electron chi connectivity index (χ4n) is 2.44. The van der Waals surface area contributed by atoms with Crippen LogP contribution in [0.15, 0.2) is 0 Å². The number of rotatable bonds is 2. The fourth-order valence-corrected chi connectivity index (χ4v) is 2.44. The van der Waals surface area contributed by atoms with Crippen LogP contribution in [-0.4, -0.2) is 4.98 Å². The van der Waals surface area contributed by atoms with Crippen molar-refractivity contribution in [2.45, 2.75) is 39.5 Å². The number of fused-ring (bicyclic) bond motifs is 1. The Labute approximate surface area is 96.3 Å². The van der Waals surface area contributed by atoms with E-state index in [1.165, 1.54) is 5.56 Å². The van der Waals surface area contributed by atoms with Crippen LogP contribution in [0.4, 0.5) is 5.82 Å². The van der Waals surface area contributed by atoms with E-state index in [9.17, 15) is 0 Å². The van der Waals surface area contributed by atoms with Gasteiger partial charge in [0.05, 0.1) is 5.56 Å². The number of nitrogen functional groups attached to an aromatic ring is 1. The Balaban J connectivity index is 2.54. The molecule has 2 N–H and O–H groups in total. The first-order valence-corrected chi connectivity index (χ1v) is 5.83. The molecule has 2 rings (SSSR count). The van der Waals surface area contributed by atoms with Crippen LogP contribution >= 0.6 is 0 Å². The molecule has 0 fully saturated rings. The standard InChI is InChI=1S/C13H17N3/c1-8(2)6-12-10-5-3-4-9(10)11(7-14)13(15)16-12/h8H,3-6H2,1-2H3,(H2,15,16). The molecule has 16 heavy (non-hydrogen) atoms. The van der Waals surface area contributed by atoms with Crippen molar-refractivity contribution >= 4 is 5.82 Å². The Kier molecular flexibility index (Phi) is 2.82. The van der Waals surface area contributed by atoms with Crippen molar-refractivity contribution in [2.24, 2.45) is 5.92 Å². The minimum absolute atomic E-state index is 0.416. The van der Waals surface area contributed by atoms with Crippen LogP contribution in [0.5, 0.6) is 0 Å². The van der Waals surface area contributed by atoms with Crippen molar-refractivity contribution in [3.05, 3.63) is 22.4 Å². The Morgan fingerprint density at radius 2 is 2.06 bits per heavy atom. The van der Waals surface area contributed by atoms with Gasteiger partial charge in [0.15, 0.2) is 0 Å². The van der Waals surface area contributed by atoms with Crippen molar-refractivity contribution in [1.82, 2.24) is 4.98 Å². The molecule has 0 unspecified atom stereocenters. The second-order valence-electron chi connectivity index (χ2n) is 4.84. The summed E-state index contributed by atoms with van der Waals surface area (Å²) in [6.45, 7) is 4.36. The van der Waals surface area contributed by atoms with Crippen molar-refractivity contribution < 1.29 is 0 Å². The maximum atomic E-state index is 9.09. The molecule has 0 atom stereocenters. The van der Waals surface area contributed by atoms with E-state index in [2.05, 4.69) is 24.9 Å². The molecule has 0 amide bonds.